The SMILES string of the molecule is Cc1ccccc1Cc1cc(C)c2ccccc2n1. The minimum absolute atomic E-state index is 0.901. The summed E-state index contributed by atoms with van der Waals surface area (Å²) in [4.78, 5) is 4.77. The Morgan fingerprint density at radius 3 is 2.42 bits per heavy atom. The predicted octanol–water partition coefficient (Wildman–Crippen LogP) is 4.44. The summed E-state index contributed by atoms with van der Waals surface area (Å²) < 4.78 is 0. The number of fused-ring (bicyclic) bond motifs is 1. The topological polar surface area (TPSA) is 12.9 Å². The first-order valence-electron chi connectivity index (χ1n) is 6.64. The van der Waals surface area contributed by atoms with E-state index in [1.807, 2.05) is 6.07 Å². The van der Waals surface area contributed by atoms with Crippen molar-refractivity contribution in [2.45, 2.75) is 20.3 Å². The highest BCUT2D eigenvalue weighted by atomic mass is 14.7. The van der Waals surface area contributed by atoms with Gasteiger partial charge in [-0.15, -0.1) is 0 Å². The second-order valence-corrected chi connectivity index (χ2v) is 5.05. The molecule has 0 aliphatic carbocycles. The Balaban J connectivity index is 2.04. The van der Waals surface area contributed by atoms with Gasteiger partial charge >= 0.3 is 0 Å². The van der Waals surface area contributed by atoms with Crippen LogP contribution in [0.1, 0.15) is 22.4 Å². The Kier molecular flexibility index (Phi) is 3.04. The molecular formula is C18H17N. The predicted molar refractivity (Wildman–Crippen MR) is 80.5 cm³/mol. The van der Waals surface area contributed by atoms with E-state index in [-0.39, 0.29) is 0 Å². The molecule has 0 saturated heterocycles. The van der Waals surface area contributed by atoms with Gasteiger partial charge in [0, 0.05) is 17.5 Å². The molecule has 0 saturated carbocycles. The van der Waals surface area contributed by atoms with Crippen LogP contribution in [0.25, 0.3) is 10.9 Å². The summed E-state index contributed by atoms with van der Waals surface area (Å²) in [5, 5.41) is 1.25. The van der Waals surface area contributed by atoms with Crippen molar-refractivity contribution < 1.29 is 0 Å². The number of rotatable bonds is 2. The van der Waals surface area contributed by atoms with Gasteiger partial charge in [-0.2, -0.15) is 0 Å². The second-order valence-electron chi connectivity index (χ2n) is 5.05. The molecule has 0 amide bonds. The van der Waals surface area contributed by atoms with Crippen LogP contribution in [0.2, 0.25) is 0 Å². The van der Waals surface area contributed by atoms with E-state index in [9.17, 15) is 0 Å². The molecule has 19 heavy (non-hydrogen) atoms. The lowest BCUT2D eigenvalue weighted by atomic mass is 10.0. The first-order chi connectivity index (χ1) is 9.24. The molecule has 0 N–H and O–H groups in total. The third-order valence-electron chi connectivity index (χ3n) is 3.61. The summed E-state index contributed by atoms with van der Waals surface area (Å²) in [5.41, 5.74) is 6.21. The first-order valence-corrected chi connectivity index (χ1v) is 6.64. The molecule has 3 aromatic rings. The molecule has 0 radical (unpaired) electrons. The highest BCUT2D eigenvalue weighted by Crippen LogP contribution is 2.20. The highest BCUT2D eigenvalue weighted by Gasteiger charge is 2.04. The van der Waals surface area contributed by atoms with Crippen molar-refractivity contribution in [1.82, 2.24) is 4.98 Å². The Labute approximate surface area is 113 Å². The van der Waals surface area contributed by atoms with Crippen LogP contribution in [0.5, 0.6) is 0 Å². The third kappa shape index (κ3) is 2.37. The molecule has 0 atom stereocenters. The number of para-hydroxylation sites is 1. The lowest BCUT2D eigenvalue weighted by molar-refractivity contribution is 1.07. The number of benzene rings is 2. The molecule has 1 heterocycles. The highest BCUT2D eigenvalue weighted by molar-refractivity contribution is 5.82. The molecule has 1 aromatic heterocycles. The van der Waals surface area contributed by atoms with Gasteiger partial charge in [-0.25, -0.2) is 0 Å². The summed E-state index contributed by atoms with van der Waals surface area (Å²) in [6.45, 7) is 4.31. The molecule has 0 aliphatic rings. The van der Waals surface area contributed by atoms with Crippen molar-refractivity contribution in [2.75, 3.05) is 0 Å². The molecule has 3 rings (SSSR count). The van der Waals surface area contributed by atoms with E-state index in [2.05, 4.69) is 62.4 Å². The fraction of sp³-hybridized carbons (Fsp3) is 0.167. The minimum atomic E-state index is 0.901. The van der Waals surface area contributed by atoms with Crippen LogP contribution in [-0.4, -0.2) is 4.98 Å². The molecule has 0 bridgehead atoms. The van der Waals surface area contributed by atoms with Gasteiger partial charge in [0.05, 0.1) is 5.52 Å². The lowest BCUT2D eigenvalue weighted by Gasteiger charge is -2.08. The average Bonchev–Trinajstić information content (AvgIpc) is 2.42. The van der Waals surface area contributed by atoms with Gasteiger partial charge < -0.3 is 0 Å². The zero-order chi connectivity index (χ0) is 13.2. The summed E-state index contributed by atoms with van der Waals surface area (Å²) in [6, 6.07) is 19.1. The molecule has 94 valence electrons. The van der Waals surface area contributed by atoms with E-state index in [0.717, 1.165) is 17.6 Å². The molecule has 0 unspecified atom stereocenters. The number of aromatic nitrogens is 1. The summed E-state index contributed by atoms with van der Waals surface area (Å²) in [6.07, 6.45) is 0.901. The number of pyridine rings is 1. The number of hydrogen-bond acceptors (Lipinski definition) is 1. The largest absolute Gasteiger partial charge is 0.252 e. The Morgan fingerprint density at radius 2 is 1.58 bits per heavy atom. The van der Waals surface area contributed by atoms with E-state index in [0.29, 0.717) is 0 Å². The van der Waals surface area contributed by atoms with E-state index < -0.39 is 0 Å². The van der Waals surface area contributed by atoms with Gasteiger partial charge in [0.1, 0.15) is 0 Å². The van der Waals surface area contributed by atoms with E-state index in [1.165, 1.54) is 22.1 Å². The summed E-state index contributed by atoms with van der Waals surface area (Å²) in [7, 11) is 0. The van der Waals surface area contributed by atoms with Gasteiger partial charge in [0.25, 0.3) is 0 Å². The van der Waals surface area contributed by atoms with Gasteiger partial charge in [0.2, 0.25) is 0 Å². The van der Waals surface area contributed by atoms with E-state index in [4.69, 9.17) is 4.98 Å². The van der Waals surface area contributed by atoms with Crippen molar-refractivity contribution in [2.24, 2.45) is 0 Å². The quantitative estimate of drug-likeness (QED) is 0.652. The number of hydrogen-bond donors (Lipinski definition) is 0. The van der Waals surface area contributed by atoms with Crippen LogP contribution in [0.4, 0.5) is 0 Å². The third-order valence-corrected chi connectivity index (χ3v) is 3.61. The fourth-order valence-electron chi connectivity index (χ4n) is 2.51. The summed E-state index contributed by atoms with van der Waals surface area (Å²) in [5.74, 6) is 0. The monoisotopic (exact) mass is 247 g/mol. The van der Waals surface area contributed by atoms with Crippen molar-refractivity contribution in [3.63, 3.8) is 0 Å². The van der Waals surface area contributed by atoms with Crippen LogP contribution in [0, 0.1) is 13.8 Å². The van der Waals surface area contributed by atoms with Gasteiger partial charge in [-0.1, -0.05) is 42.5 Å². The van der Waals surface area contributed by atoms with Crippen LogP contribution in [0.15, 0.2) is 54.6 Å². The zero-order valence-electron chi connectivity index (χ0n) is 11.4. The van der Waals surface area contributed by atoms with Crippen LogP contribution in [0.3, 0.4) is 0 Å². The Morgan fingerprint density at radius 1 is 0.842 bits per heavy atom. The molecule has 0 fully saturated rings. The van der Waals surface area contributed by atoms with Crippen molar-refractivity contribution in [3.8, 4) is 0 Å². The molecule has 1 nitrogen and oxygen atoms in total. The normalized spacial score (nSPS) is 10.8. The van der Waals surface area contributed by atoms with E-state index >= 15 is 0 Å². The fourth-order valence-corrected chi connectivity index (χ4v) is 2.51. The Hall–Kier alpha value is -2.15. The van der Waals surface area contributed by atoms with Crippen LogP contribution in [-0.2, 0) is 6.42 Å². The molecule has 2 aromatic carbocycles. The Bertz CT molecular complexity index is 729. The summed E-state index contributed by atoms with van der Waals surface area (Å²) >= 11 is 0. The van der Waals surface area contributed by atoms with E-state index in [1.54, 1.807) is 0 Å². The van der Waals surface area contributed by atoms with Crippen LogP contribution >= 0.6 is 0 Å². The van der Waals surface area contributed by atoms with Crippen molar-refractivity contribution in [1.29, 1.82) is 0 Å². The van der Waals surface area contributed by atoms with Gasteiger partial charge in [0.15, 0.2) is 0 Å². The maximum Gasteiger partial charge on any atom is 0.0708 e. The molecular weight excluding hydrogens is 230 g/mol. The van der Waals surface area contributed by atoms with Crippen molar-refractivity contribution >= 4 is 10.9 Å². The molecule has 0 spiro atoms. The first kappa shape index (κ1) is 11.9. The van der Waals surface area contributed by atoms with Crippen LogP contribution < -0.4 is 0 Å². The lowest BCUT2D eigenvalue weighted by Crippen LogP contribution is -1.96. The number of aryl methyl sites for hydroxylation is 2. The maximum absolute atomic E-state index is 4.77. The number of nitrogens with zero attached hydrogens (tertiary/aromatic N) is 1. The van der Waals surface area contributed by atoms with Gasteiger partial charge in [-0.3, -0.25) is 4.98 Å². The minimum Gasteiger partial charge on any atom is -0.252 e. The molecule has 1 heteroatoms. The molecule has 0 aliphatic heterocycles. The smallest absolute Gasteiger partial charge is 0.0708 e. The van der Waals surface area contributed by atoms with Gasteiger partial charge in [-0.05, 0) is 42.7 Å². The van der Waals surface area contributed by atoms with Crippen molar-refractivity contribution in [3.05, 3.63) is 77.0 Å². The standard InChI is InChI=1S/C18H17N/c1-13-7-3-4-8-15(13)12-16-11-14(2)17-9-5-6-10-18(17)19-16/h3-11H,12H2,1-2H3. The second kappa shape index (κ2) is 4.85. The average molecular weight is 247 g/mol. The zero-order valence-corrected chi connectivity index (χ0v) is 11.4. The maximum atomic E-state index is 4.77.